The minimum atomic E-state index is 0.844. The normalized spacial score (nSPS) is 23.8. The molecular formula is C24H40N6. The summed E-state index contributed by atoms with van der Waals surface area (Å²) in [7, 11) is 0. The number of hydrogen-bond acceptors (Lipinski definition) is 4. The van der Waals surface area contributed by atoms with E-state index in [-0.39, 0.29) is 0 Å². The summed E-state index contributed by atoms with van der Waals surface area (Å²) in [5.74, 6) is 3.88. The van der Waals surface area contributed by atoms with Crippen LogP contribution in [0, 0.1) is 11.8 Å². The highest BCUT2D eigenvalue weighted by atomic mass is 15.5. The highest BCUT2D eigenvalue weighted by Gasteiger charge is 2.19. The average Bonchev–Trinajstić information content (AvgIpc) is 3.38. The molecule has 2 atom stereocenters. The fourth-order valence-corrected chi connectivity index (χ4v) is 5.29. The molecule has 4 rings (SSSR count). The van der Waals surface area contributed by atoms with Gasteiger partial charge in [-0.1, -0.05) is 13.8 Å². The van der Waals surface area contributed by atoms with E-state index in [9.17, 15) is 0 Å². The van der Waals surface area contributed by atoms with Gasteiger partial charge in [0.2, 0.25) is 0 Å². The van der Waals surface area contributed by atoms with Crippen LogP contribution in [0.1, 0.15) is 64.0 Å². The van der Waals surface area contributed by atoms with E-state index in [2.05, 4.69) is 67.7 Å². The molecule has 2 saturated heterocycles. The molecule has 0 saturated carbocycles. The molecule has 0 aliphatic carbocycles. The van der Waals surface area contributed by atoms with Gasteiger partial charge >= 0.3 is 0 Å². The van der Waals surface area contributed by atoms with Gasteiger partial charge in [-0.2, -0.15) is 0 Å². The van der Waals surface area contributed by atoms with E-state index in [4.69, 9.17) is 0 Å². The first-order valence-electron chi connectivity index (χ1n) is 12.2. The molecule has 2 unspecified atom stereocenters. The van der Waals surface area contributed by atoms with Gasteiger partial charge in [-0.05, 0) is 88.7 Å². The van der Waals surface area contributed by atoms with Gasteiger partial charge in [-0.25, -0.2) is 4.68 Å². The van der Waals surface area contributed by atoms with Crippen LogP contribution in [0.3, 0.4) is 0 Å². The first-order chi connectivity index (χ1) is 14.7. The van der Waals surface area contributed by atoms with Crippen molar-refractivity contribution in [1.29, 1.82) is 0 Å². The van der Waals surface area contributed by atoms with Crippen molar-refractivity contribution >= 4 is 0 Å². The molecule has 0 N–H and O–H groups in total. The molecule has 2 aromatic heterocycles. The Hall–Kier alpha value is -1.66. The highest BCUT2D eigenvalue weighted by molar-refractivity contribution is 5.02. The summed E-state index contributed by atoms with van der Waals surface area (Å²) in [6, 6.07) is 4.16. The van der Waals surface area contributed by atoms with Gasteiger partial charge in [0, 0.05) is 38.3 Å². The number of rotatable bonds is 9. The highest BCUT2D eigenvalue weighted by Crippen LogP contribution is 2.18. The third-order valence-electron chi connectivity index (χ3n) is 6.82. The molecule has 2 aromatic rings. The van der Waals surface area contributed by atoms with Crippen LogP contribution in [0.25, 0.3) is 0 Å². The van der Waals surface area contributed by atoms with Crippen LogP contribution in [0.15, 0.2) is 24.5 Å². The lowest BCUT2D eigenvalue weighted by molar-refractivity contribution is 0.181. The topological polar surface area (TPSA) is 42.1 Å². The summed E-state index contributed by atoms with van der Waals surface area (Å²) in [5, 5.41) is 9.21. The van der Waals surface area contributed by atoms with E-state index in [0.29, 0.717) is 0 Å². The van der Waals surface area contributed by atoms with E-state index in [1.807, 2.05) is 0 Å². The third kappa shape index (κ3) is 5.73. The van der Waals surface area contributed by atoms with Gasteiger partial charge < -0.3 is 9.80 Å². The molecule has 2 aliphatic rings. The second kappa shape index (κ2) is 10.6. The number of aryl methyl sites for hydroxylation is 2. The predicted octanol–water partition coefficient (Wildman–Crippen LogP) is 3.72. The molecule has 0 amide bonds. The second-order valence-electron chi connectivity index (χ2n) is 9.71. The van der Waals surface area contributed by atoms with Crippen LogP contribution >= 0.6 is 0 Å². The lowest BCUT2D eigenvalue weighted by Crippen LogP contribution is -2.35. The molecular weight excluding hydrogens is 372 g/mol. The zero-order valence-corrected chi connectivity index (χ0v) is 19.0. The minimum Gasteiger partial charge on any atom is -0.303 e. The van der Waals surface area contributed by atoms with E-state index in [1.165, 1.54) is 65.0 Å². The van der Waals surface area contributed by atoms with Crippen molar-refractivity contribution in [3.63, 3.8) is 0 Å². The molecule has 30 heavy (non-hydrogen) atoms. The number of nitrogens with zero attached hydrogens (tertiary/aromatic N) is 6. The van der Waals surface area contributed by atoms with Crippen molar-refractivity contribution in [3.05, 3.63) is 36.2 Å². The Kier molecular flexibility index (Phi) is 7.61. The molecule has 0 aromatic carbocycles. The van der Waals surface area contributed by atoms with Crippen LogP contribution < -0.4 is 0 Å². The molecule has 6 heteroatoms. The maximum atomic E-state index is 4.61. The second-order valence-corrected chi connectivity index (χ2v) is 9.71. The quantitative estimate of drug-likeness (QED) is 0.629. The Morgan fingerprint density at radius 3 is 1.77 bits per heavy atom. The number of piperidine rings is 2. The van der Waals surface area contributed by atoms with Crippen LogP contribution in [-0.4, -0.2) is 68.6 Å². The maximum Gasteiger partial charge on any atom is 0.153 e. The lowest BCUT2D eigenvalue weighted by atomic mass is 10.00. The molecule has 4 heterocycles. The average molecular weight is 413 g/mol. The monoisotopic (exact) mass is 412 g/mol. The molecule has 0 radical (unpaired) electrons. The van der Waals surface area contributed by atoms with Gasteiger partial charge in [-0.3, -0.25) is 4.68 Å². The summed E-state index contributed by atoms with van der Waals surface area (Å²) >= 11 is 0. The Balaban J connectivity index is 1.34. The predicted molar refractivity (Wildman–Crippen MR) is 122 cm³/mol. The van der Waals surface area contributed by atoms with Gasteiger partial charge in [0.25, 0.3) is 0 Å². The van der Waals surface area contributed by atoms with Crippen molar-refractivity contribution in [2.24, 2.45) is 11.8 Å². The first-order valence-corrected chi connectivity index (χ1v) is 12.2. The molecule has 2 aliphatic heterocycles. The summed E-state index contributed by atoms with van der Waals surface area (Å²) in [6.45, 7) is 12.1. The van der Waals surface area contributed by atoms with E-state index in [1.54, 1.807) is 0 Å². The minimum absolute atomic E-state index is 0.844. The van der Waals surface area contributed by atoms with Crippen molar-refractivity contribution in [3.8, 4) is 0 Å². The van der Waals surface area contributed by atoms with Crippen molar-refractivity contribution in [1.82, 2.24) is 29.3 Å². The Labute approximate surface area is 182 Å². The SMILES string of the molecule is CC1CCCN(CCCc2nnc(CCCN3CCCC(C)C3)n2-n2cccc2)C1. The summed E-state index contributed by atoms with van der Waals surface area (Å²) < 4.78 is 4.40. The largest absolute Gasteiger partial charge is 0.303 e. The van der Waals surface area contributed by atoms with E-state index < -0.39 is 0 Å². The van der Waals surface area contributed by atoms with E-state index >= 15 is 0 Å². The standard InChI is InChI=1S/C24H40N6/c1-21-9-5-13-27(19-21)15-7-11-23-25-26-24(30(23)29-17-3-4-18-29)12-8-16-28-14-6-10-22(2)20-28/h3-4,17-18,21-22H,5-16,19-20H2,1-2H3. The van der Waals surface area contributed by atoms with Crippen LogP contribution in [0.5, 0.6) is 0 Å². The fraction of sp³-hybridized carbons (Fsp3) is 0.750. The van der Waals surface area contributed by atoms with Gasteiger partial charge in [0.15, 0.2) is 11.6 Å². The third-order valence-corrected chi connectivity index (χ3v) is 6.82. The number of aromatic nitrogens is 4. The zero-order valence-electron chi connectivity index (χ0n) is 19.0. The number of hydrogen-bond donors (Lipinski definition) is 0. The molecule has 0 bridgehead atoms. The fourth-order valence-electron chi connectivity index (χ4n) is 5.29. The molecule has 6 nitrogen and oxygen atoms in total. The maximum absolute atomic E-state index is 4.61. The van der Waals surface area contributed by atoms with Crippen LogP contribution in [0.2, 0.25) is 0 Å². The Morgan fingerprint density at radius 2 is 1.30 bits per heavy atom. The first kappa shape index (κ1) is 21.6. The van der Waals surface area contributed by atoms with Crippen molar-refractivity contribution in [2.75, 3.05) is 39.3 Å². The van der Waals surface area contributed by atoms with Gasteiger partial charge in [-0.15, -0.1) is 10.2 Å². The molecule has 0 spiro atoms. The van der Waals surface area contributed by atoms with Crippen LogP contribution in [-0.2, 0) is 12.8 Å². The Morgan fingerprint density at radius 1 is 0.800 bits per heavy atom. The zero-order chi connectivity index (χ0) is 20.8. The smallest absolute Gasteiger partial charge is 0.153 e. The molecule has 2 fully saturated rings. The number of likely N-dealkylation sites (tertiary alicyclic amines) is 2. The van der Waals surface area contributed by atoms with Crippen molar-refractivity contribution in [2.45, 2.75) is 65.2 Å². The summed E-state index contributed by atoms with van der Waals surface area (Å²) in [4.78, 5) is 5.26. The van der Waals surface area contributed by atoms with Gasteiger partial charge in [0.1, 0.15) is 0 Å². The molecule has 166 valence electrons. The summed E-state index contributed by atoms with van der Waals surface area (Å²) in [5.41, 5.74) is 0. The Bertz CT molecular complexity index is 706. The van der Waals surface area contributed by atoms with Gasteiger partial charge in [0.05, 0.1) is 0 Å². The van der Waals surface area contributed by atoms with E-state index in [0.717, 1.165) is 49.2 Å². The summed E-state index contributed by atoms with van der Waals surface area (Å²) in [6.07, 6.45) is 14.0. The lowest BCUT2D eigenvalue weighted by Gasteiger charge is -2.30. The van der Waals surface area contributed by atoms with Crippen LogP contribution in [0.4, 0.5) is 0 Å². The van der Waals surface area contributed by atoms with Crippen molar-refractivity contribution < 1.29 is 0 Å².